The van der Waals surface area contributed by atoms with Crippen molar-refractivity contribution in [3.05, 3.63) is 87.7 Å². The normalized spacial score (nSPS) is 14.3. The third-order valence-corrected chi connectivity index (χ3v) is 6.53. The molecule has 2 aromatic heterocycles. The van der Waals surface area contributed by atoms with Crippen molar-refractivity contribution in [3.63, 3.8) is 0 Å². The monoisotopic (exact) mass is 488 g/mol. The smallest absolute Gasteiger partial charge is 0.265 e. The summed E-state index contributed by atoms with van der Waals surface area (Å²) in [4.78, 5) is 39.2. The molecule has 0 saturated carbocycles. The first-order valence-corrected chi connectivity index (χ1v) is 11.8. The first-order valence-electron chi connectivity index (χ1n) is 11.4. The van der Waals surface area contributed by atoms with Gasteiger partial charge in [0.1, 0.15) is 11.5 Å². The molecule has 0 spiro atoms. The van der Waals surface area contributed by atoms with E-state index >= 15 is 0 Å². The van der Waals surface area contributed by atoms with E-state index < -0.39 is 0 Å². The van der Waals surface area contributed by atoms with Gasteiger partial charge in [-0.1, -0.05) is 17.7 Å². The number of pyridine rings is 1. The SMILES string of the molecule is Cc1ccc(NC(=O)c2ccnc(Cl)c2)cc1-n1cnc2ccc(N3CCN(C)CC3)cc2c1=O. The molecule has 178 valence electrons. The zero-order valence-corrected chi connectivity index (χ0v) is 20.3. The molecule has 1 aliphatic heterocycles. The van der Waals surface area contributed by atoms with Crippen molar-refractivity contribution in [2.24, 2.45) is 0 Å². The van der Waals surface area contributed by atoms with Gasteiger partial charge in [0, 0.05) is 49.3 Å². The van der Waals surface area contributed by atoms with Crippen LogP contribution < -0.4 is 15.8 Å². The minimum absolute atomic E-state index is 0.154. The highest BCUT2D eigenvalue weighted by molar-refractivity contribution is 6.29. The Hall–Kier alpha value is -3.75. The van der Waals surface area contributed by atoms with Crippen LogP contribution in [-0.4, -0.2) is 58.6 Å². The summed E-state index contributed by atoms with van der Waals surface area (Å²) < 4.78 is 1.53. The summed E-state index contributed by atoms with van der Waals surface area (Å²) in [5, 5.41) is 3.67. The molecule has 4 aromatic rings. The van der Waals surface area contributed by atoms with Crippen LogP contribution in [0.5, 0.6) is 0 Å². The Balaban J connectivity index is 1.49. The van der Waals surface area contributed by atoms with Gasteiger partial charge in [-0.05, 0) is 62.0 Å². The van der Waals surface area contributed by atoms with Crippen molar-refractivity contribution in [2.45, 2.75) is 6.92 Å². The van der Waals surface area contributed by atoms with E-state index in [1.807, 2.05) is 31.2 Å². The number of benzene rings is 2. The minimum Gasteiger partial charge on any atom is -0.369 e. The number of piperazine rings is 1. The van der Waals surface area contributed by atoms with Crippen molar-refractivity contribution in [3.8, 4) is 5.69 Å². The second kappa shape index (κ2) is 9.48. The second-order valence-electron chi connectivity index (χ2n) is 8.73. The molecule has 1 fully saturated rings. The molecule has 0 radical (unpaired) electrons. The summed E-state index contributed by atoms with van der Waals surface area (Å²) in [6.07, 6.45) is 3.02. The summed E-state index contributed by atoms with van der Waals surface area (Å²) in [7, 11) is 2.12. The number of hydrogen-bond acceptors (Lipinski definition) is 6. The van der Waals surface area contributed by atoms with E-state index in [2.05, 4.69) is 32.1 Å². The van der Waals surface area contributed by atoms with Crippen LogP contribution in [0, 0.1) is 6.92 Å². The van der Waals surface area contributed by atoms with Crippen molar-refractivity contribution >= 4 is 39.8 Å². The van der Waals surface area contributed by atoms with Gasteiger partial charge >= 0.3 is 0 Å². The Morgan fingerprint density at radius 3 is 2.57 bits per heavy atom. The number of aryl methyl sites for hydroxylation is 1. The molecule has 0 bridgehead atoms. The van der Waals surface area contributed by atoms with Crippen LogP contribution in [0.25, 0.3) is 16.6 Å². The number of carbonyl (C=O) groups excluding carboxylic acids is 1. The first-order chi connectivity index (χ1) is 16.9. The minimum atomic E-state index is -0.315. The predicted molar refractivity (Wildman–Crippen MR) is 139 cm³/mol. The third-order valence-electron chi connectivity index (χ3n) is 6.33. The van der Waals surface area contributed by atoms with Crippen LogP contribution in [0.4, 0.5) is 11.4 Å². The zero-order valence-electron chi connectivity index (χ0n) is 19.5. The molecule has 1 aliphatic rings. The van der Waals surface area contributed by atoms with Crippen LogP contribution in [0.2, 0.25) is 5.15 Å². The average molecular weight is 489 g/mol. The van der Waals surface area contributed by atoms with E-state index in [9.17, 15) is 9.59 Å². The fourth-order valence-corrected chi connectivity index (χ4v) is 4.41. The van der Waals surface area contributed by atoms with Crippen LogP contribution in [0.15, 0.2) is 65.8 Å². The summed E-state index contributed by atoms with van der Waals surface area (Å²) >= 11 is 5.91. The lowest BCUT2D eigenvalue weighted by Crippen LogP contribution is -2.44. The molecule has 5 rings (SSSR count). The van der Waals surface area contributed by atoms with Crippen molar-refractivity contribution in [1.82, 2.24) is 19.4 Å². The largest absolute Gasteiger partial charge is 0.369 e. The number of hydrogen-bond donors (Lipinski definition) is 1. The number of aromatic nitrogens is 3. The van der Waals surface area contributed by atoms with E-state index in [0.29, 0.717) is 27.8 Å². The quantitative estimate of drug-likeness (QED) is 0.440. The Labute approximate surface area is 207 Å². The zero-order chi connectivity index (χ0) is 24.5. The Morgan fingerprint density at radius 2 is 1.80 bits per heavy atom. The number of fused-ring (bicyclic) bond motifs is 1. The third kappa shape index (κ3) is 4.76. The molecule has 1 saturated heterocycles. The van der Waals surface area contributed by atoms with E-state index in [1.54, 1.807) is 18.2 Å². The number of rotatable bonds is 4. The van der Waals surface area contributed by atoms with Gasteiger partial charge in [0.15, 0.2) is 0 Å². The van der Waals surface area contributed by atoms with Gasteiger partial charge in [-0.3, -0.25) is 14.2 Å². The van der Waals surface area contributed by atoms with E-state index in [4.69, 9.17) is 11.6 Å². The van der Waals surface area contributed by atoms with Crippen LogP contribution in [0.1, 0.15) is 15.9 Å². The fraction of sp³-hybridized carbons (Fsp3) is 0.231. The molecule has 8 nitrogen and oxygen atoms in total. The Morgan fingerprint density at radius 1 is 1.00 bits per heavy atom. The fourth-order valence-electron chi connectivity index (χ4n) is 4.24. The van der Waals surface area contributed by atoms with Crippen LogP contribution in [-0.2, 0) is 0 Å². The van der Waals surface area contributed by atoms with E-state index in [-0.39, 0.29) is 16.6 Å². The lowest BCUT2D eigenvalue weighted by Gasteiger charge is -2.34. The molecular formula is C26H25ClN6O2. The number of halogens is 1. The number of carbonyl (C=O) groups is 1. The van der Waals surface area contributed by atoms with Crippen molar-refractivity contribution < 1.29 is 4.79 Å². The van der Waals surface area contributed by atoms with E-state index in [0.717, 1.165) is 37.4 Å². The number of nitrogens with one attached hydrogen (secondary N) is 1. The summed E-state index contributed by atoms with van der Waals surface area (Å²) in [6, 6.07) is 14.4. The standard InChI is InChI=1S/C26H25ClN6O2/c1-17-3-4-19(30-25(34)18-7-8-28-24(27)13-18)14-23(17)33-16-29-22-6-5-20(15-21(22)26(33)35)32-11-9-31(2)10-12-32/h3-8,13-16H,9-12H2,1-2H3,(H,30,34). The summed E-state index contributed by atoms with van der Waals surface area (Å²) in [5.41, 5.74) is 4.01. The van der Waals surface area contributed by atoms with Crippen LogP contribution >= 0.6 is 11.6 Å². The van der Waals surface area contributed by atoms with Gasteiger partial charge in [-0.15, -0.1) is 0 Å². The molecule has 0 unspecified atom stereocenters. The molecule has 3 heterocycles. The number of likely N-dealkylation sites (N-methyl/N-ethyl adjacent to an activating group) is 1. The number of anilines is 2. The summed E-state index contributed by atoms with van der Waals surface area (Å²) in [6.45, 7) is 5.72. The Kier molecular flexibility index (Phi) is 6.23. The maximum atomic E-state index is 13.5. The van der Waals surface area contributed by atoms with Crippen LogP contribution in [0.3, 0.4) is 0 Å². The Bertz CT molecular complexity index is 1480. The molecule has 0 aliphatic carbocycles. The second-order valence-corrected chi connectivity index (χ2v) is 9.12. The van der Waals surface area contributed by atoms with Crippen molar-refractivity contribution in [1.29, 1.82) is 0 Å². The molecular weight excluding hydrogens is 464 g/mol. The summed E-state index contributed by atoms with van der Waals surface area (Å²) in [5.74, 6) is -0.315. The van der Waals surface area contributed by atoms with Crippen molar-refractivity contribution in [2.75, 3.05) is 43.4 Å². The molecule has 1 amide bonds. The molecule has 2 aromatic carbocycles. The van der Waals surface area contributed by atoms with Gasteiger partial charge < -0.3 is 15.1 Å². The lowest BCUT2D eigenvalue weighted by molar-refractivity contribution is 0.102. The molecule has 9 heteroatoms. The highest BCUT2D eigenvalue weighted by atomic mass is 35.5. The maximum Gasteiger partial charge on any atom is 0.265 e. The van der Waals surface area contributed by atoms with Gasteiger partial charge in [0.25, 0.3) is 11.5 Å². The number of amides is 1. The lowest BCUT2D eigenvalue weighted by atomic mass is 10.1. The van der Waals surface area contributed by atoms with Gasteiger partial charge in [-0.25, -0.2) is 9.97 Å². The molecule has 35 heavy (non-hydrogen) atoms. The van der Waals surface area contributed by atoms with Gasteiger partial charge in [-0.2, -0.15) is 0 Å². The number of nitrogens with zero attached hydrogens (tertiary/aromatic N) is 5. The van der Waals surface area contributed by atoms with Gasteiger partial charge in [0.2, 0.25) is 0 Å². The molecule has 0 atom stereocenters. The maximum absolute atomic E-state index is 13.5. The van der Waals surface area contributed by atoms with Gasteiger partial charge in [0.05, 0.1) is 16.6 Å². The predicted octanol–water partition coefficient (Wildman–Crippen LogP) is 3.75. The van der Waals surface area contributed by atoms with E-state index in [1.165, 1.54) is 23.2 Å². The topological polar surface area (TPSA) is 83.4 Å². The highest BCUT2D eigenvalue weighted by Gasteiger charge is 2.16. The molecule has 1 N–H and O–H groups in total. The average Bonchev–Trinajstić information content (AvgIpc) is 2.86. The highest BCUT2D eigenvalue weighted by Crippen LogP contribution is 2.23. The first kappa shape index (κ1) is 23.0.